The van der Waals surface area contributed by atoms with E-state index in [1.807, 2.05) is 0 Å². The van der Waals surface area contributed by atoms with Crippen molar-refractivity contribution in [2.75, 3.05) is 20.1 Å². The van der Waals surface area contributed by atoms with Gasteiger partial charge in [0.15, 0.2) is 0 Å². The number of halogens is 6. The fourth-order valence-corrected chi connectivity index (χ4v) is 4.57. The summed E-state index contributed by atoms with van der Waals surface area (Å²) in [6, 6.07) is 10.2. The summed E-state index contributed by atoms with van der Waals surface area (Å²) in [5.41, 5.74) is -2.36. The number of aromatic nitrogens is 2. The third kappa shape index (κ3) is 5.95. The summed E-state index contributed by atoms with van der Waals surface area (Å²) in [7, 11) is 1.31. The highest BCUT2D eigenvalue weighted by Crippen LogP contribution is 2.38. The van der Waals surface area contributed by atoms with Crippen molar-refractivity contribution < 1.29 is 35.9 Å². The molecule has 4 rings (SSSR count). The maximum Gasteiger partial charge on any atom is 0.416 e. The first-order valence-corrected chi connectivity index (χ1v) is 11.5. The topological polar surface area (TPSA) is 66.4 Å². The van der Waals surface area contributed by atoms with Gasteiger partial charge < -0.3 is 9.80 Å². The first kappa shape index (κ1) is 27.1. The molecule has 2 aromatic carbocycles. The van der Waals surface area contributed by atoms with Crippen LogP contribution in [0.4, 0.5) is 26.3 Å². The van der Waals surface area contributed by atoms with Crippen molar-refractivity contribution in [1.29, 1.82) is 0 Å². The third-order valence-corrected chi connectivity index (χ3v) is 6.38. The Morgan fingerprint density at radius 1 is 0.947 bits per heavy atom. The number of hydrogen-bond acceptors (Lipinski definition) is 4. The number of benzene rings is 2. The maximum atomic E-state index is 13.5. The van der Waals surface area contributed by atoms with Gasteiger partial charge in [0.25, 0.3) is 5.91 Å². The minimum absolute atomic E-state index is 0.00542. The molecule has 1 aliphatic heterocycles. The number of hydrogen-bond donors (Lipinski definition) is 0. The lowest BCUT2D eigenvalue weighted by Crippen LogP contribution is -2.37. The zero-order valence-corrected chi connectivity index (χ0v) is 20.0. The van der Waals surface area contributed by atoms with Gasteiger partial charge in [0.05, 0.1) is 23.2 Å². The van der Waals surface area contributed by atoms with Crippen LogP contribution in [0.3, 0.4) is 0 Å². The molecule has 1 saturated heterocycles. The van der Waals surface area contributed by atoms with Crippen LogP contribution >= 0.6 is 0 Å². The highest BCUT2D eigenvalue weighted by atomic mass is 19.4. The van der Waals surface area contributed by atoms with Crippen LogP contribution in [0.25, 0.3) is 0 Å². The van der Waals surface area contributed by atoms with Crippen molar-refractivity contribution in [2.24, 2.45) is 5.92 Å². The molecular weight excluding hydrogens is 514 g/mol. The molecule has 12 heteroatoms. The molecule has 2 amide bonds. The molecule has 0 bridgehead atoms. The maximum absolute atomic E-state index is 13.5. The van der Waals surface area contributed by atoms with E-state index in [0.29, 0.717) is 12.1 Å². The summed E-state index contributed by atoms with van der Waals surface area (Å²) in [4.78, 5) is 36.9. The lowest BCUT2D eigenvalue weighted by molar-refractivity contribution is -0.143. The predicted molar refractivity (Wildman–Crippen MR) is 124 cm³/mol. The lowest BCUT2D eigenvalue weighted by atomic mass is 9.88. The Bertz CT molecular complexity index is 1270. The van der Waals surface area contributed by atoms with Gasteiger partial charge in [-0.2, -0.15) is 26.3 Å². The van der Waals surface area contributed by atoms with E-state index in [4.69, 9.17) is 0 Å². The number of nitrogens with zero attached hydrogens (tertiary/aromatic N) is 4. The van der Waals surface area contributed by atoms with E-state index in [-0.39, 0.29) is 30.4 Å². The molecule has 1 aliphatic rings. The van der Waals surface area contributed by atoms with Crippen molar-refractivity contribution in [3.05, 3.63) is 95.1 Å². The van der Waals surface area contributed by atoms with Crippen LogP contribution < -0.4 is 0 Å². The molecule has 38 heavy (non-hydrogen) atoms. The van der Waals surface area contributed by atoms with Crippen LogP contribution in [0.15, 0.2) is 67.1 Å². The first-order valence-electron chi connectivity index (χ1n) is 11.5. The molecule has 0 unspecified atom stereocenters. The summed E-state index contributed by atoms with van der Waals surface area (Å²) in [6.07, 6.45) is -5.92. The Morgan fingerprint density at radius 2 is 1.58 bits per heavy atom. The Balaban J connectivity index is 1.61. The SMILES string of the molecule is CN(Cc1cc(C(F)(F)F)cc(C(F)(F)F)c1)C(=O)[C@H]1CN(C(=O)c2cnccn2)C[C@@H]1c1ccccc1. The second-order valence-corrected chi connectivity index (χ2v) is 9.03. The third-order valence-electron chi connectivity index (χ3n) is 6.38. The standard InChI is InChI=1S/C26H22F6N4O2/c1-35(13-16-9-18(25(27,28)29)11-19(10-16)26(30,31)32)23(37)21-15-36(24(38)22-12-33-7-8-34-22)14-20(21)17-5-3-2-4-6-17/h2-12,20-21H,13-15H2,1H3/t20-,21+/m1/s1. The van der Waals surface area contributed by atoms with Crippen molar-refractivity contribution >= 4 is 11.8 Å². The van der Waals surface area contributed by atoms with E-state index in [1.165, 1.54) is 30.5 Å². The molecule has 0 spiro atoms. The molecule has 2 atom stereocenters. The van der Waals surface area contributed by atoms with Crippen molar-refractivity contribution in [2.45, 2.75) is 24.8 Å². The summed E-state index contributed by atoms with van der Waals surface area (Å²) < 4.78 is 79.7. The fraction of sp³-hybridized carbons (Fsp3) is 0.308. The highest BCUT2D eigenvalue weighted by Gasteiger charge is 2.42. The molecule has 3 aromatic rings. The first-order chi connectivity index (χ1) is 17.8. The van der Waals surface area contributed by atoms with Crippen LogP contribution in [0, 0.1) is 5.92 Å². The summed E-state index contributed by atoms with van der Waals surface area (Å²) in [5, 5.41) is 0. The predicted octanol–water partition coefficient (Wildman–Crippen LogP) is 5.03. The largest absolute Gasteiger partial charge is 0.416 e. The van der Waals surface area contributed by atoms with Gasteiger partial charge in [0.1, 0.15) is 5.69 Å². The quantitative estimate of drug-likeness (QED) is 0.430. The van der Waals surface area contributed by atoms with Gasteiger partial charge in [-0.15, -0.1) is 0 Å². The molecule has 1 aromatic heterocycles. The van der Waals surface area contributed by atoms with Crippen molar-refractivity contribution in [3.63, 3.8) is 0 Å². The lowest BCUT2D eigenvalue weighted by Gasteiger charge is -2.25. The van der Waals surface area contributed by atoms with Crippen molar-refractivity contribution in [3.8, 4) is 0 Å². The number of amides is 2. The summed E-state index contributed by atoms with van der Waals surface area (Å²) in [5.74, 6) is -2.18. The zero-order chi connectivity index (χ0) is 27.7. The number of carbonyl (C=O) groups is 2. The molecule has 0 saturated carbocycles. The Labute approximate surface area is 213 Å². The number of alkyl halides is 6. The minimum atomic E-state index is -5.00. The fourth-order valence-electron chi connectivity index (χ4n) is 4.57. The summed E-state index contributed by atoms with van der Waals surface area (Å²) in [6.45, 7) is -0.318. The summed E-state index contributed by atoms with van der Waals surface area (Å²) >= 11 is 0. The molecule has 2 heterocycles. The van der Waals surface area contributed by atoms with Gasteiger partial charge in [-0.3, -0.25) is 14.6 Å². The van der Waals surface area contributed by atoms with Crippen LogP contribution in [0.2, 0.25) is 0 Å². The van der Waals surface area contributed by atoms with Gasteiger partial charge >= 0.3 is 12.4 Å². The average Bonchev–Trinajstić information content (AvgIpc) is 3.33. The number of carbonyl (C=O) groups excluding carboxylic acids is 2. The molecule has 0 N–H and O–H groups in total. The molecule has 6 nitrogen and oxygen atoms in total. The minimum Gasteiger partial charge on any atom is -0.341 e. The average molecular weight is 536 g/mol. The molecule has 0 aliphatic carbocycles. The number of rotatable bonds is 5. The Hall–Kier alpha value is -3.96. The zero-order valence-electron chi connectivity index (χ0n) is 20.0. The van der Waals surface area contributed by atoms with E-state index in [0.717, 1.165) is 10.5 Å². The van der Waals surface area contributed by atoms with Gasteiger partial charge in [-0.05, 0) is 29.3 Å². The van der Waals surface area contributed by atoms with Gasteiger partial charge in [-0.1, -0.05) is 30.3 Å². The van der Waals surface area contributed by atoms with E-state index >= 15 is 0 Å². The molecule has 0 radical (unpaired) electrons. The van der Waals surface area contributed by atoms with Gasteiger partial charge in [0, 0.05) is 45.0 Å². The molecule has 200 valence electrons. The van der Waals surface area contributed by atoms with Crippen LogP contribution in [-0.2, 0) is 23.7 Å². The highest BCUT2D eigenvalue weighted by molar-refractivity contribution is 5.93. The van der Waals surface area contributed by atoms with E-state index < -0.39 is 53.7 Å². The van der Waals surface area contributed by atoms with E-state index in [2.05, 4.69) is 9.97 Å². The smallest absolute Gasteiger partial charge is 0.341 e. The van der Waals surface area contributed by atoms with Crippen LogP contribution in [0.5, 0.6) is 0 Å². The number of likely N-dealkylation sites (tertiary alicyclic amines) is 1. The Morgan fingerprint density at radius 3 is 2.13 bits per heavy atom. The molecule has 1 fully saturated rings. The van der Waals surface area contributed by atoms with Gasteiger partial charge in [0.2, 0.25) is 5.91 Å². The van der Waals surface area contributed by atoms with E-state index in [1.54, 1.807) is 30.3 Å². The van der Waals surface area contributed by atoms with E-state index in [9.17, 15) is 35.9 Å². The van der Waals surface area contributed by atoms with Crippen LogP contribution in [0.1, 0.15) is 38.7 Å². The second kappa shape index (κ2) is 10.4. The van der Waals surface area contributed by atoms with Crippen molar-refractivity contribution in [1.82, 2.24) is 19.8 Å². The second-order valence-electron chi connectivity index (χ2n) is 9.03. The molecular formula is C26H22F6N4O2. The van der Waals surface area contributed by atoms with Gasteiger partial charge in [-0.25, -0.2) is 4.98 Å². The monoisotopic (exact) mass is 536 g/mol. The van der Waals surface area contributed by atoms with Crippen LogP contribution in [-0.4, -0.2) is 51.7 Å². The Kier molecular flexibility index (Phi) is 7.43. The normalized spacial score (nSPS) is 17.9.